The van der Waals surface area contributed by atoms with Gasteiger partial charge in [-0.3, -0.25) is 24.0 Å². The van der Waals surface area contributed by atoms with Crippen LogP contribution < -0.4 is 21.7 Å². The second-order valence-corrected chi connectivity index (χ2v) is 9.19. The van der Waals surface area contributed by atoms with Crippen LogP contribution in [0.3, 0.4) is 0 Å². The van der Waals surface area contributed by atoms with Crippen molar-refractivity contribution in [3.8, 4) is 0 Å². The molecular formula is C19H32N4O9S2. The Balaban J connectivity index is 5.42. The van der Waals surface area contributed by atoms with Crippen LogP contribution in [0.2, 0.25) is 0 Å². The predicted octanol–water partition coefficient (Wildman–Crippen LogP) is -1.30. The number of amides is 3. The molecule has 0 saturated heterocycles. The fourth-order valence-electron chi connectivity index (χ4n) is 2.61. The number of nitrogens with one attached hydrogen (secondary N) is 3. The first-order chi connectivity index (χ1) is 15.9. The third-order valence-electron chi connectivity index (χ3n) is 4.49. The maximum absolute atomic E-state index is 12.7. The molecule has 0 aromatic rings. The molecule has 0 heterocycles. The average Bonchev–Trinajstić information content (AvgIpc) is 2.76. The van der Waals surface area contributed by atoms with Gasteiger partial charge in [0, 0.05) is 6.42 Å². The zero-order valence-corrected chi connectivity index (χ0v) is 20.6. The Bertz CT molecular complexity index is 739. The predicted molar refractivity (Wildman–Crippen MR) is 127 cm³/mol. The molecule has 4 atom stereocenters. The van der Waals surface area contributed by atoms with E-state index in [9.17, 15) is 33.9 Å². The Morgan fingerprint density at radius 3 is 1.65 bits per heavy atom. The van der Waals surface area contributed by atoms with Gasteiger partial charge in [-0.2, -0.15) is 23.5 Å². The van der Waals surface area contributed by atoms with Crippen molar-refractivity contribution >= 4 is 59.2 Å². The third kappa shape index (κ3) is 13.3. The number of carbonyl (C=O) groups excluding carboxylic acids is 3. The van der Waals surface area contributed by atoms with E-state index in [1.165, 1.54) is 23.5 Å². The monoisotopic (exact) mass is 524 g/mol. The maximum Gasteiger partial charge on any atom is 0.326 e. The summed E-state index contributed by atoms with van der Waals surface area (Å²) in [7, 11) is 0. The normalized spacial score (nSPS) is 14.2. The minimum atomic E-state index is -1.59. The molecule has 0 radical (unpaired) electrons. The molecule has 15 heteroatoms. The zero-order valence-electron chi connectivity index (χ0n) is 18.9. The molecule has 0 aliphatic rings. The molecule has 34 heavy (non-hydrogen) atoms. The zero-order chi connectivity index (χ0) is 26.3. The lowest BCUT2D eigenvalue weighted by atomic mass is 10.1. The van der Waals surface area contributed by atoms with Crippen LogP contribution in [0.4, 0.5) is 0 Å². The highest BCUT2D eigenvalue weighted by atomic mass is 32.2. The molecule has 0 aromatic carbocycles. The standard InChI is InChI=1S/C19H32N4O9S2/c1-33-7-5-11(17(29)22-12(19(31)32)6-8-34-2)21-18(30)13(9-15(26)27)23-16(28)10(20)3-4-14(24)25/h10-13H,3-9,20H2,1-2H3,(H,21,30)(H,22,29)(H,23,28)(H,24,25)(H,26,27)(H,31,32). The fraction of sp³-hybridized carbons (Fsp3) is 0.684. The molecule has 0 aromatic heterocycles. The largest absolute Gasteiger partial charge is 0.481 e. The fourth-order valence-corrected chi connectivity index (χ4v) is 3.56. The van der Waals surface area contributed by atoms with Crippen LogP contribution in [0.5, 0.6) is 0 Å². The molecule has 4 unspecified atom stereocenters. The second-order valence-electron chi connectivity index (χ2n) is 7.22. The van der Waals surface area contributed by atoms with Crippen molar-refractivity contribution in [3.05, 3.63) is 0 Å². The van der Waals surface area contributed by atoms with Crippen molar-refractivity contribution in [1.29, 1.82) is 0 Å². The highest BCUT2D eigenvalue weighted by Gasteiger charge is 2.31. The van der Waals surface area contributed by atoms with Crippen LogP contribution in [-0.4, -0.2) is 99.1 Å². The third-order valence-corrected chi connectivity index (χ3v) is 5.77. The van der Waals surface area contributed by atoms with Gasteiger partial charge in [0.05, 0.1) is 12.5 Å². The van der Waals surface area contributed by atoms with E-state index in [0.29, 0.717) is 11.5 Å². The van der Waals surface area contributed by atoms with Crippen LogP contribution in [0.1, 0.15) is 32.1 Å². The number of rotatable bonds is 18. The molecule has 8 N–H and O–H groups in total. The van der Waals surface area contributed by atoms with Crippen molar-refractivity contribution in [2.75, 3.05) is 24.0 Å². The number of carbonyl (C=O) groups is 6. The van der Waals surface area contributed by atoms with Crippen molar-refractivity contribution in [3.63, 3.8) is 0 Å². The Morgan fingerprint density at radius 1 is 0.706 bits per heavy atom. The van der Waals surface area contributed by atoms with E-state index in [1.54, 1.807) is 12.5 Å². The highest BCUT2D eigenvalue weighted by molar-refractivity contribution is 7.98. The van der Waals surface area contributed by atoms with Crippen LogP contribution >= 0.6 is 23.5 Å². The molecule has 0 saturated carbocycles. The van der Waals surface area contributed by atoms with E-state index >= 15 is 0 Å². The van der Waals surface area contributed by atoms with Gasteiger partial charge in [-0.1, -0.05) is 0 Å². The molecule has 0 bridgehead atoms. The molecule has 13 nitrogen and oxygen atoms in total. The molecular weight excluding hydrogens is 492 g/mol. The van der Waals surface area contributed by atoms with E-state index in [1.807, 2.05) is 0 Å². The molecule has 0 aliphatic heterocycles. The minimum absolute atomic E-state index is 0.124. The Morgan fingerprint density at radius 2 is 1.18 bits per heavy atom. The van der Waals surface area contributed by atoms with Crippen molar-refractivity contribution in [2.45, 2.75) is 56.3 Å². The summed E-state index contributed by atoms with van der Waals surface area (Å²) < 4.78 is 0. The number of hydrogen-bond acceptors (Lipinski definition) is 9. The number of nitrogens with two attached hydrogens (primary N) is 1. The van der Waals surface area contributed by atoms with Gasteiger partial charge in [0.2, 0.25) is 17.7 Å². The van der Waals surface area contributed by atoms with E-state index in [0.717, 1.165) is 0 Å². The lowest BCUT2D eigenvalue weighted by molar-refractivity contribution is -0.143. The number of thioether (sulfide) groups is 2. The summed E-state index contributed by atoms with van der Waals surface area (Å²) >= 11 is 2.78. The van der Waals surface area contributed by atoms with E-state index < -0.39 is 72.6 Å². The Hall–Kier alpha value is -2.52. The first-order valence-corrected chi connectivity index (χ1v) is 13.0. The van der Waals surface area contributed by atoms with Gasteiger partial charge in [0.1, 0.15) is 18.1 Å². The smallest absolute Gasteiger partial charge is 0.326 e. The first-order valence-electron chi connectivity index (χ1n) is 10.2. The van der Waals surface area contributed by atoms with Crippen LogP contribution in [0, 0.1) is 0 Å². The van der Waals surface area contributed by atoms with Crippen LogP contribution in [-0.2, 0) is 28.8 Å². The minimum Gasteiger partial charge on any atom is -0.481 e. The van der Waals surface area contributed by atoms with E-state index in [4.69, 9.17) is 15.9 Å². The number of carboxylic acid groups (broad SMARTS) is 3. The summed E-state index contributed by atoms with van der Waals surface area (Å²) in [5.41, 5.74) is 5.60. The van der Waals surface area contributed by atoms with E-state index in [-0.39, 0.29) is 19.3 Å². The van der Waals surface area contributed by atoms with Crippen molar-refractivity contribution in [1.82, 2.24) is 16.0 Å². The molecule has 0 fully saturated rings. The van der Waals surface area contributed by atoms with Gasteiger partial charge in [-0.25, -0.2) is 4.79 Å². The number of aliphatic carboxylic acids is 3. The van der Waals surface area contributed by atoms with Gasteiger partial charge in [0.25, 0.3) is 0 Å². The topological polar surface area (TPSA) is 225 Å². The Kier molecular flexibility index (Phi) is 15.7. The molecule has 0 spiro atoms. The maximum atomic E-state index is 12.7. The molecule has 0 rings (SSSR count). The van der Waals surface area contributed by atoms with Gasteiger partial charge in [-0.15, -0.1) is 0 Å². The van der Waals surface area contributed by atoms with Crippen LogP contribution in [0.25, 0.3) is 0 Å². The van der Waals surface area contributed by atoms with E-state index in [2.05, 4.69) is 16.0 Å². The Labute approximate surface area is 205 Å². The quantitative estimate of drug-likeness (QED) is 0.111. The van der Waals surface area contributed by atoms with Crippen molar-refractivity contribution < 1.29 is 44.1 Å². The molecule has 194 valence electrons. The summed E-state index contributed by atoms with van der Waals surface area (Å²) in [5.74, 6) is -5.56. The van der Waals surface area contributed by atoms with Crippen molar-refractivity contribution in [2.24, 2.45) is 5.73 Å². The SMILES string of the molecule is CSCCC(NC(=O)C(CCSC)NC(=O)C(CC(=O)O)NC(=O)C(N)CCC(=O)O)C(=O)O. The lowest BCUT2D eigenvalue weighted by Gasteiger charge is -2.24. The lowest BCUT2D eigenvalue weighted by Crippen LogP contribution is -2.57. The molecule has 0 aliphatic carbocycles. The number of carboxylic acids is 3. The van der Waals surface area contributed by atoms with Crippen LogP contribution in [0.15, 0.2) is 0 Å². The summed E-state index contributed by atoms with van der Waals surface area (Å²) in [6, 6.07) is -5.22. The average molecular weight is 525 g/mol. The summed E-state index contributed by atoms with van der Waals surface area (Å²) in [4.78, 5) is 70.9. The van der Waals surface area contributed by atoms with Gasteiger partial charge in [0.15, 0.2) is 0 Å². The van der Waals surface area contributed by atoms with Gasteiger partial charge in [-0.05, 0) is 43.3 Å². The second kappa shape index (κ2) is 17.0. The number of hydrogen-bond donors (Lipinski definition) is 7. The summed E-state index contributed by atoms with van der Waals surface area (Å²) in [6.07, 6.45) is 2.40. The highest BCUT2D eigenvalue weighted by Crippen LogP contribution is 2.06. The summed E-state index contributed by atoms with van der Waals surface area (Å²) in [6.45, 7) is 0. The summed E-state index contributed by atoms with van der Waals surface area (Å²) in [5, 5.41) is 34.1. The molecule has 3 amide bonds. The van der Waals surface area contributed by atoms with Gasteiger partial charge < -0.3 is 37.0 Å². The van der Waals surface area contributed by atoms with Gasteiger partial charge >= 0.3 is 17.9 Å². The first kappa shape index (κ1) is 31.5.